The van der Waals surface area contributed by atoms with E-state index in [-0.39, 0.29) is 43.2 Å². The number of hydrogen-bond donors (Lipinski definition) is 0. The van der Waals surface area contributed by atoms with Crippen LogP contribution < -0.4 is 4.74 Å². The van der Waals surface area contributed by atoms with Gasteiger partial charge in [0, 0.05) is 84.9 Å². The number of ether oxygens (including phenoxy) is 2. The van der Waals surface area contributed by atoms with Gasteiger partial charge in [-0.25, -0.2) is 13.8 Å². The summed E-state index contributed by atoms with van der Waals surface area (Å²) in [6, 6.07) is 7.62. The van der Waals surface area contributed by atoms with Gasteiger partial charge in [0.05, 0.1) is 42.8 Å². The highest BCUT2D eigenvalue weighted by molar-refractivity contribution is 7.18. The maximum Gasteiger partial charge on any atom is 0.246 e. The molecule has 1 atom stereocenters. The van der Waals surface area contributed by atoms with Crippen LogP contribution in [0.25, 0.3) is 43.9 Å². The Bertz CT molecular complexity index is 2080. The highest BCUT2D eigenvalue weighted by atomic mass is 32.1. The lowest BCUT2D eigenvalue weighted by Gasteiger charge is -2.33. The van der Waals surface area contributed by atoms with Crippen molar-refractivity contribution in [3.8, 4) is 39.5 Å². The van der Waals surface area contributed by atoms with Crippen molar-refractivity contribution in [3.05, 3.63) is 83.1 Å². The molecule has 0 saturated heterocycles. The number of nitrogens with zero attached hydrogens (tertiary/aromatic N) is 6. The van der Waals surface area contributed by atoms with Gasteiger partial charge in [-0.05, 0) is 48.6 Å². The molecular formula is C37H37F3N6O3S. The van der Waals surface area contributed by atoms with Crippen LogP contribution in [0.4, 0.5) is 13.2 Å². The first kappa shape index (κ1) is 33.9. The van der Waals surface area contributed by atoms with E-state index in [1.807, 2.05) is 35.3 Å². The minimum atomic E-state index is -0.799. The number of amides is 1. The number of alkyl halides is 1. The molecule has 6 heterocycles. The minimum absolute atomic E-state index is 0.0222. The average molecular weight is 703 g/mol. The Hall–Kier alpha value is -4.59. The summed E-state index contributed by atoms with van der Waals surface area (Å²) < 4.78 is 57.5. The van der Waals surface area contributed by atoms with Gasteiger partial charge in [0.2, 0.25) is 5.91 Å². The summed E-state index contributed by atoms with van der Waals surface area (Å²) in [6.45, 7) is 8.57. The molecule has 1 unspecified atom stereocenters. The SMILES string of the molecule is C=CC(=O)N1CCn2nc(-c3nc(-c4cnc5c(c4)CN(CCCF)CC5)c4ccsc4c3-c3c(F)cc(F)cc3OCCOC)cc2C1C. The van der Waals surface area contributed by atoms with E-state index in [0.717, 1.165) is 51.6 Å². The molecule has 2 aliphatic heterocycles. The third-order valence-corrected chi connectivity index (χ3v) is 10.3. The van der Waals surface area contributed by atoms with Gasteiger partial charge < -0.3 is 14.4 Å². The number of benzene rings is 1. The van der Waals surface area contributed by atoms with E-state index in [0.29, 0.717) is 55.2 Å². The second kappa shape index (κ2) is 14.3. The number of methoxy groups -OCH3 is 1. The van der Waals surface area contributed by atoms with Crippen LogP contribution in [0, 0.1) is 11.6 Å². The first-order chi connectivity index (χ1) is 24.3. The van der Waals surface area contributed by atoms with E-state index in [1.165, 1.54) is 30.6 Å². The molecule has 0 N–H and O–H groups in total. The molecule has 1 aromatic carbocycles. The van der Waals surface area contributed by atoms with Gasteiger partial charge in [0.15, 0.2) is 0 Å². The minimum Gasteiger partial charge on any atom is -0.490 e. The van der Waals surface area contributed by atoms with E-state index in [2.05, 4.69) is 17.5 Å². The Kier molecular flexibility index (Phi) is 9.71. The number of fused-ring (bicyclic) bond motifs is 3. The predicted molar refractivity (Wildman–Crippen MR) is 187 cm³/mol. The van der Waals surface area contributed by atoms with Crippen LogP contribution in [0.1, 0.15) is 36.3 Å². The molecule has 0 fully saturated rings. The van der Waals surface area contributed by atoms with Crippen LogP contribution in [-0.2, 0) is 29.0 Å². The molecule has 4 aromatic heterocycles. The monoisotopic (exact) mass is 702 g/mol. The maximum atomic E-state index is 16.1. The molecule has 260 valence electrons. The quantitative estimate of drug-likeness (QED) is 0.108. The topological polar surface area (TPSA) is 85.6 Å². The number of carbonyl (C=O) groups is 1. The number of rotatable bonds is 11. The van der Waals surface area contributed by atoms with Crippen molar-refractivity contribution in [1.29, 1.82) is 0 Å². The summed E-state index contributed by atoms with van der Waals surface area (Å²) in [4.78, 5) is 26.7. The van der Waals surface area contributed by atoms with Gasteiger partial charge in [-0.2, -0.15) is 5.10 Å². The Labute approximate surface area is 292 Å². The summed E-state index contributed by atoms with van der Waals surface area (Å²) >= 11 is 1.41. The van der Waals surface area contributed by atoms with Gasteiger partial charge in [-0.1, -0.05) is 6.58 Å². The lowest BCUT2D eigenvalue weighted by molar-refractivity contribution is -0.129. The van der Waals surface area contributed by atoms with E-state index >= 15 is 4.39 Å². The zero-order valence-electron chi connectivity index (χ0n) is 27.9. The Morgan fingerprint density at radius 1 is 1.12 bits per heavy atom. The van der Waals surface area contributed by atoms with Crippen molar-refractivity contribution in [2.24, 2.45) is 0 Å². The predicted octanol–water partition coefficient (Wildman–Crippen LogP) is 7.00. The molecule has 7 rings (SSSR count). The fourth-order valence-corrected chi connectivity index (χ4v) is 7.88. The number of carbonyl (C=O) groups excluding carboxylic acids is 1. The fourth-order valence-electron chi connectivity index (χ4n) is 6.93. The van der Waals surface area contributed by atoms with Gasteiger partial charge in [-0.3, -0.25) is 23.8 Å². The maximum absolute atomic E-state index is 16.1. The first-order valence-corrected chi connectivity index (χ1v) is 17.5. The normalized spacial score (nSPS) is 16.0. The molecule has 0 radical (unpaired) electrons. The smallest absolute Gasteiger partial charge is 0.246 e. The molecule has 1 amide bonds. The molecule has 5 aromatic rings. The van der Waals surface area contributed by atoms with E-state index in [4.69, 9.17) is 24.5 Å². The lowest BCUT2D eigenvalue weighted by Crippen LogP contribution is -2.40. The first-order valence-electron chi connectivity index (χ1n) is 16.6. The molecule has 0 aliphatic carbocycles. The van der Waals surface area contributed by atoms with Crippen LogP contribution >= 0.6 is 11.3 Å². The van der Waals surface area contributed by atoms with Gasteiger partial charge in [-0.15, -0.1) is 11.3 Å². The summed E-state index contributed by atoms with van der Waals surface area (Å²) in [5, 5.41) is 7.64. The summed E-state index contributed by atoms with van der Waals surface area (Å²) in [6.07, 6.45) is 4.37. The third kappa shape index (κ3) is 6.29. The van der Waals surface area contributed by atoms with Crippen LogP contribution in [0.15, 0.2) is 54.6 Å². The Balaban J connectivity index is 1.44. The molecule has 0 spiro atoms. The van der Waals surface area contributed by atoms with Crippen LogP contribution in [-0.4, -0.2) is 82.1 Å². The molecule has 13 heteroatoms. The molecule has 0 saturated carbocycles. The molecule has 9 nitrogen and oxygen atoms in total. The molecular weight excluding hydrogens is 666 g/mol. The average Bonchev–Trinajstić information content (AvgIpc) is 3.79. The van der Waals surface area contributed by atoms with Crippen molar-refractivity contribution in [3.63, 3.8) is 0 Å². The van der Waals surface area contributed by atoms with E-state index in [9.17, 15) is 13.6 Å². The third-order valence-electron chi connectivity index (χ3n) is 9.38. The summed E-state index contributed by atoms with van der Waals surface area (Å²) in [7, 11) is 1.52. The number of pyridine rings is 2. The number of thiophene rings is 1. The number of halogens is 3. The second-order valence-corrected chi connectivity index (χ2v) is 13.4. The Morgan fingerprint density at radius 3 is 2.78 bits per heavy atom. The molecule has 0 bridgehead atoms. The van der Waals surface area contributed by atoms with Crippen molar-refractivity contribution in [1.82, 2.24) is 29.5 Å². The number of hydrogen-bond acceptors (Lipinski definition) is 8. The summed E-state index contributed by atoms with van der Waals surface area (Å²) in [5.74, 6) is -1.73. The van der Waals surface area contributed by atoms with Gasteiger partial charge >= 0.3 is 0 Å². The highest BCUT2D eigenvalue weighted by Crippen LogP contribution is 2.47. The van der Waals surface area contributed by atoms with Gasteiger partial charge in [0.25, 0.3) is 0 Å². The van der Waals surface area contributed by atoms with Crippen LogP contribution in [0.3, 0.4) is 0 Å². The number of aromatic nitrogens is 4. The van der Waals surface area contributed by atoms with Crippen LogP contribution in [0.2, 0.25) is 0 Å². The van der Waals surface area contributed by atoms with E-state index < -0.39 is 11.6 Å². The zero-order chi connectivity index (χ0) is 34.9. The van der Waals surface area contributed by atoms with Crippen molar-refractivity contribution >= 4 is 27.3 Å². The molecule has 2 aliphatic rings. The second-order valence-electron chi connectivity index (χ2n) is 12.4. The van der Waals surface area contributed by atoms with Crippen molar-refractivity contribution in [2.75, 3.05) is 46.6 Å². The lowest BCUT2D eigenvalue weighted by atomic mass is 9.95. The van der Waals surface area contributed by atoms with Crippen molar-refractivity contribution < 1.29 is 27.4 Å². The largest absolute Gasteiger partial charge is 0.490 e. The van der Waals surface area contributed by atoms with Gasteiger partial charge in [0.1, 0.15) is 35.4 Å². The summed E-state index contributed by atoms with van der Waals surface area (Å²) in [5.41, 5.74) is 5.63. The Morgan fingerprint density at radius 2 is 1.98 bits per heavy atom. The van der Waals surface area contributed by atoms with Crippen molar-refractivity contribution in [2.45, 2.75) is 38.9 Å². The fraction of sp³-hybridized carbons (Fsp3) is 0.351. The van der Waals surface area contributed by atoms with E-state index in [1.54, 1.807) is 4.90 Å². The highest BCUT2D eigenvalue weighted by Gasteiger charge is 2.31. The zero-order valence-corrected chi connectivity index (χ0v) is 28.7. The standard InChI is InChI=1S/C37H37F3N6O3S/c1-4-32(47)45-11-12-46-30(22(45)2)19-29(43-46)36-34(33-27(40)17-25(39)18-31(33)49-14-13-48-3)37-26(7-15-50-37)35(42-36)23-16-24-21-44(9-5-8-38)10-6-28(24)41-20-23/h4,7,15-20,22H,1,5-6,8-14,21H2,2-3H3. The van der Waals surface area contributed by atoms with Crippen LogP contribution in [0.5, 0.6) is 5.75 Å². The molecule has 50 heavy (non-hydrogen) atoms.